The molecular weight excluding hydrogens is 276 g/mol. The number of aromatic nitrogens is 2. The zero-order chi connectivity index (χ0) is 16.1. The van der Waals surface area contributed by atoms with Gasteiger partial charge in [-0.25, -0.2) is 4.98 Å². The first kappa shape index (κ1) is 16.6. The van der Waals surface area contributed by atoms with E-state index in [1.807, 2.05) is 42.9 Å². The fourth-order valence-corrected chi connectivity index (χ4v) is 2.55. The number of likely N-dealkylation sites (N-methyl/N-ethyl adjacent to an activating group) is 1. The predicted molar refractivity (Wildman–Crippen MR) is 91.3 cm³/mol. The summed E-state index contributed by atoms with van der Waals surface area (Å²) < 4.78 is 1.82. The fourth-order valence-electron chi connectivity index (χ4n) is 2.55. The number of para-hydroxylation sites is 1. The number of hydrogen-bond acceptors (Lipinski definition) is 4. The first-order chi connectivity index (χ1) is 10.5. The Morgan fingerprint density at radius 1 is 1.32 bits per heavy atom. The number of fused-ring (bicyclic) bond motifs is 1. The predicted octanol–water partition coefficient (Wildman–Crippen LogP) is 2.02. The molecule has 0 amide bonds. The Labute approximate surface area is 132 Å². The normalized spacial score (nSPS) is 13.0. The molecule has 1 atom stereocenters. The van der Waals surface area contributed by atoms with Crippen molar-refractivity contribution < 1.29 is 0 Å². The van der Waals surface area contributed by atoms with Crippen LogP contribution in [0, 0.1) is 0 Å². The lowest BCUT2D eigenvalue weighted by Gasteiger charge is -2.20. The highest BCUT2D eigenvalue weighted by atomic mass is 16.1. The van der Waals surface area contributed by atoms with Crippen molar-refractivity contribution in [2.45, 2.75) is 32.9 Å². The van der Waals surface area contributed by atoms with Gasteiger partial charge in [0.15, 0.2) is 0 Å². The van der Waals surface area contributed by atoms with Gasteiger partial charge in [-0.2, -0.15) is 0 Å². The van der Waals surface area contributed by atoms with Gasteiger partial charge in [0.05, 0.1) is 16.9 Å². The van der Waals surface area contributed by atoms with Crippen molar-refractivity contribution in [1.29, 1.82) is 0 Å². The van der Waals surface area contributed by atoms with E-state index in [0.717, 1.165) is 30.9 Å². The lowest BCUT2D eigenvalue weighted by Crippen LogP contribution is -2.34. The second-order valence-corrected chi connectivity index (χ2v) is 5.92. The van der Waals surface area contributed by atoms with Crippen LogP contribution in [0.25, 0.3) is 10.9 Å². The molecule has 0 saturated heterocycles. The van der Waals surface area contributed by atoms with Crippen LogP contribution in [0.15, 0.2) is 29.1 Å². The topological polar surface area (TPSA) is 50.2 Å². The molecule has 2 rings (SSSR count). The van der Waals surface area contributed by atoms with Gasteiger partial charge in [0.1, 0.15) is 5.82 Å². The standard InChI is InChI=1S/C17H26N4O/c1-5-11-21-16(13(2)18-10-12-20(3)4)19-15-9-7-6-8-14(15)17(21)22/h6-9,13,18H,5,10-12H2,1-4H3/t13-/m0/s1. The van der Waals surface area contributed by atoms with Crippen LogP contribution in [0.5, 0.6) is 0 Å². The van der Waals surface area contributed by atoms with Crippen molar-refractivity contribution in [2.75, 3.05) is 27.2 Å². The molecule has 0 unspecified atom stereocenters. The van der Waals surface area contributed by atoms with Gasteiger partial charge in [-0.15, -0.1) is 0 Å². The monoisotopic (exact) mass is 302 g/mol. The Balaban J connectivity index is 2.38. The molecule has 5 nitrogen and oxygen atoms in total. The molecule has 0 spiro atoms. The molecule has 2 aromatic rings. The van der Waals surface area contributed by atoms with E-state index in [1.54, 1.807) is 0 Å². The molecule has 120 valence electrons. The largest absolute Gasteiger partial charge is 0.308 e. The molecule has 1 aromatic heterocycles. The van der Waals surface area contributed by atoms with Crippen LogP contribution in [-0.4, -0.2) is 41.6 Å². The van der Waals surface area contributed by atoms with Crippen LogP contribution in [0.4, 0.5) is 0 Å². The van der Waals surface area contributed by atoms with Crippen LogP contribution in [0.2, 0.25) is 0 Å². The molecule has 0 fully saturated rings. The summed E-state index contributed by atoms with van der Waals surface area (Å²) in [5.74, 6) is 0.823. The lowest BCUT2D eigenvalue weighted by molar-refractivity contribution is 0.382. The van der Waals surface area contributed by atoms with E-state index >= 15 is 0 Å². The van der Waals surface area contributed by atoms with E-state index < -0.39 is 0 Å². The summed E-state index contributed by atoms with van der Waals surface area (Å²) >= 11 is 0. The molecule has 0 aliphatic heterocycles. The van der Waals surface area contributed by atoms with Gasteiger partial charge in [-0.3, -0.25) is 9.36 Å². The highest BCUT2D eigenvalue weighted by molar-refractivity contribution is 5.77. The van der Waals surface area contributed by atoms with Gasteiger partial charge in [0.2, 0.25) is 0 Å². The Kier molecular flexibility index (Phi) is 5.69. The third-order valence-electron chi connectivity index (χ3n) is 3.74. The quantitative estimate of drug-likeness (QED) is 0.850. The van der Waals surface area contributed by atoms with E-state index in [9.17, 15) is 4.79 Å². The summed E-state index contributed by atoms with van der Waals surface area (Å²) in [6, 6.07) is 7.62. The van der Waals surface area contributed by atoms with E-state index in [4.69, 9.17) is 4.98 Å². The minimum Gasteiger partial charge on any atom is -0.308 e. The average Bonchev–Trinajstić information content (AvgIpc) is 2.49. The zero-order valence-electron chi connectivity index (χ0n) is 14.0. The fraction of sp³-hybridized carbons (Fsp3) is 0.529. The van der Waals surface area contributed by atoms with E-state index in [-0.39, 0.29) is 11.6 Å². The zero-order valence-corrected chi connectivity index (χ0v) is 14.0. The van der Waals surface area contributed by atoms with Gasteiger partial charge in [-0.05, 0) is 39.6 Å². The Morgan fingerprint density at radius 3 is 2.73 bits per heavy atom. The highest BCUT2D eigenvalue weighted by Crippen LogP contribution is 2.14. The highest BCUT2D eigenvalue weighted by Gasteiger charge is 2.15. The molecule has 0 aliphatic carbocycles. The van der Waals surface area contributed by atoms with Gasteiger partial charge in [0, 0.05) is 19.6 Å². The van der Waals surface area contributed by atoms with Crippen LogP contribution in [0.3, 0.4) is 0 Å². The Bertz CT molecular complexity index is 678. The van der Waals surface area contributed by atoms with Crippen LogP contribution >= 0.6 is 0 Å². The second-order valence-electron chi connectivity index (χ2n) is 5.92. The molecule has 0 aliphatic rings. The van der Waals surface area contributed by atoms with Crippen LogP contribution < -0.4 is 10.9 Å². The molecule has 0 radical (unpaired) electrons. The number of benzene rings is 1. The summed E-state index contributed by atoms with van der Waals surface area (Å²) in [6.45, 7) is 6.67. The number of hydrogen-bond donors (Lipinski definition) is 1. The van der Waals surface area contributed by atoms with E-state index in [1.165, 1.54) is 0 Å². The van der Waals surface area contributed by atoms with Crippen molar-refractivity contribution in [1.82, 2.24) is 19.8 Å². The van der Waals surface area contributed by atoms with Gasteiger partial charge in [0.25, 0.3) is 5.56 Å². The first-order valence-corrected chi connectivity index (χ1v) is 7.92. The minimum absolute atomic E-state index is 0.0452. The molecule has 1 heterocycles. The Hall–Kier alpha value is -1.72. The summed E-state index contributed by atoms with van der Waals surface area (Å²) in [4.78, 5) is 19.6. The summed E-state index contributed by atoms with van der Waals surface area (Å²) in [6.07, 6.45) is 0.914. The first-order valence-electron chi connectivity index (χ1n) is 7.92. The Morgan fingerprint density at radius 2 is 2.05 bits per heavy atom. The minimum atomic E-state index is 0.0452. The third kappa shape index (κ3) is 3.72. The maximum Gasteiger partial charge on any atom is 0.261 e. The number of rotatable bonds is 7. The molecular formula is C17H26N4O. The van der Waals surface area contributed by atoms with Crippen LogP contribution in [0.1, 0.15) is 32.1 Å². The maximum atomic E-state index is 12.7. The molecule has 0 bridgehead atoms. The van der Waals surface area contributed by atoms with Crippen molar-refractivity contribution in [3.8, 4) is 0 Å². The van der Waals surface area contributed by atoms with Gasteiger partial charge < -0.3 is 10.2 Å². The average molecular weight is 302 g/mol. The molecule has 1 N–H and O–H groups in total. The number of nitrogens with one attached hydrogen (secondary N) is 1. The summed E-state index contributed by atoms with van der Waals surface area (Å²) in [5.41, 5.74) is 0.833. The van der Waals surface area contributed by atoms with Gasteiger partial charge >= 0.3 is 0 Å². The second kappa shape index (κ2) is 7.51. The lowest BCUT2D eigenvalue weighted by atomic mass is 10.2. The van der Waals surface area contributed by atoms with Crippen molar-refractivity contribution >= 4 is 10.9 Å². The molecule has 5 heteroatoms. The smallest absolute Gasteiger partial charge is 0.261 e. The van der Waals surface area contributed by atoms with Crippen LogP contribution in [-0.2, 0) is 6.54 Å². The van der Waals surface area contributed by atoms with Crippen molar-refractivity contribution in [3.05, 3.63) is 40.4 Å². The van der Waals surface area contributed by atoms with Crippen molar-refractivity contribution in [2.24, 2.45) is 0 Å². The maximum absolute atomic E-state index is 12.7. The van der Waals surface area contributed by atoms with E-state index in [2.05, 4.69) is 24.1 Å². The SMILES string of the molecule is CCCn1c([C@H](C)NCCN(C)C)nc2ccccc2c1=O. The molecule has 0 saturated carbocycles. The van der Waals surface area contributed by atoms with Gasteiger partial charge in [-0.1, -0.05) is 19.1 Å². The third-order valence-corrected chi connectivity index (χ3v) is 3.74. The van der Waals surface area contributed by atoms with E-state index in [0.29, 0.717) is 11.9 Å². The van der Waals surface area contributed by atoms with Crippen molar-refractivity contribution in [3.63, 3.8) is 0 Å². The summed E-state index contributed by atoms with van der Waals surface area (Å²) in [7, 11) is 4.10. The molecule has 1 aromatic carbocycles. The summed E-state index contributed by atoms with van der Waals surface area (Å²) in [5, 5.41) is 4.15. The number of nitrogens with zero attached hydrogens (tertiary/aromatic N) is 3. The molecule has 22 heavy (non-hydrogen) atoms.